The molecule has 1 aromatic heterocycles. The van der Waals surface area contributed by atoms with E-state index in [1.807, 2.05) is 12.1 Å². The number of aromatic nitrogens is 3. The smallest absolute Gasteiger partial charge is 0.253 e. The zero-order valence-electron chi connectivity index (χ0n) is 19.4. The zero-order valence-corrected chi connectivity index (χ0v) is 21.7. The van der Waals surface area contributed by atoms with Crippen LogP contribution in [0.3, 0.4) is 0 Å². The van der Waals surface area contributed by atoms with E-state index in [1.165, 1.54) is 37.4 Å². The van der Waals surface area contributed by atoms with E-state index < -0.39 is 17.6 Å². The fraction of sp³-hybridized carbons (Fsp3) is 0.120. The lowest BCUT2D eigenvalue weighted by molar-refractivity contribution is -0.113. The molecule has 12 heteroatoms. The number of anilines is 1. The second-order valence-corrected chi connectivity index (χ2v) is 9.32. The third-order valence-electron chi connectivity index (χ3n) is 5.09. The lowest BCUT2D eigenvalue weighted by Crippen LogP contribution is -2.25. The Balaban J connectivity index is 1.56. The van der Waals surface area contributed by atoms with Crippen LogP contribution in [0, 0.1) is 5.82 Å². The molecule has 0 saturated heterocycles. The van der Waals surface area contributed by atoms with Crippen LogP contribution in [0.2, 0.25) is 10.0 Å². The molecule has 0 aliphatic heterocycles. The molecule has 0 aliphatic carbocycles. The van der Waals surface area contributed by atoms with Crippen molar-refractivity contribution in [2.75, 3.05) is 18.2 Å². The van der Waals surface area contributed by atoms with Crippen molar-refractivity contribution < 1.29 is 18.7 Å². The highest BCUT2D eigenvalue weighted by Crippen LogP contribution is 2.29. The van der Waals surface area contributed by atoms with E-state index in [4.69, 9.17) is 27.9 Å². The molecule has 0 saturated carbocycles. The van der Waals surface area contributed by atoms with Crippen molar-refractivity contribution in [1.82, 2.24) is 20.1 Å². The maximum absolute atomic E-state index is 13.9. The van der Waals surface area contributed by atoms with Gasteiger partial charge in [0.2, 0.25) is 5.91 Å². The van der Waals surface area contributed by atoms with Gasteiger partial charge in [-0.15, -0.1) is 10.2 Å². The van der Waals surface area contributed by atoms with Crippen LogP contribution in [0.4, 0.5) is 10.1 Å². The number of hydrogen-bond acceptors (Lipinski definition) is 6. The Bertz CT molecular complexity index is 1450. The van der Waals surface area contributed by atoms with E-state index in [9.17, 15) is 14.0 Å². The van der Waals surface area contributed by atoms with Crippen LogP contribution >= 0.6 is 35.0 Å². The maximum atomic E-state index is 13.9. The number of methoxy groups -OCH3 is 1. The minimum atomic E-state index is -0.531. The van der Waals surface area contributed by atoms with E-state index in [2.05, 4.69) is 20.8 Å². The van der Waals surface area contributed by atoms with Crippen LogP contribution < -0.4 is 15.4 Å². The summed E-state index contributed by atoms with van der Waals surface area (Å²) in [4.78, 5) is 25.2. The predicted octanol–water partition coefficient (Wildman–Crippen LogP) is 5.38. The highest BCUT2D eigenvalue weighted by molar-refractivity contribution is 7.99. The third-order valence-corrected chi connectivity index (χ3v) is 6.57. The minimum absolute atomic E-state index is 0.00478. The van der Waals surface area contributed by atoms with Crippen LogP contribution in [0.25, 0.3) is 5.69 Å². The molecule has 2 amide bonds. The van der Waals surface area contributed by atoms with Crippen LogP contribution in [0.5, 0.6) is 5.75 Å². The number of hydrogen-bond donors (Lipinski definition) is 2. The molecule has 0 atom stereocenters. The van der Waals surface area contributed by atoms with Gasteiger partial charge in [0.1, 0.15) is 11.6 Å². The summed E-state index contributed by atoms with van der Waals surface area (Å²) in [6, 6.07) is 17.7. The molecule has 4 rings (SSSR count). The van der Waals surface area contributed by atoms with Gasteiger partial charge in [0, 0.05) is 5.02 Å². The van der Waals surface area contributed by atoms with Gasteiger partial charge >= 0.3 is 0 Å². The number of benzene rings is 3. The van der Waals surface area contributed by atoms with Crippen molar-refractivity contribution in [3.63, 3.8) is 0 Å². The van der Waals surface area contributed by atoms with Gasteiger partial charge in [0.05, 0.1) is 41.4 Å². The number of amides is 2. The van der Waals surface area contributed by atoms with Crippen molar-refractivity contribution in [3.05, 3.63) is 94.0 Å². The molecule has 0 spiro atoms. The number of carbonyl (C=O) groups excluding carboxylic acids is 2. The Labute approximate surface area is 226 Å². The Morgan fingerprint density at radius 2 is 1.81 bits per heavy atom. The molecule has 4 aromatic rings. The number of thioether (sulfide) groups is 1. The summed E-state index contributed by atoms with van der Waals surface area (Å²) < 4.78 is 21.1. The number of rotatable bonds is 9. The van der Waals surface area contributed by atoms with Gasteiger partial charge in [-0.3, -0.25) is 14.2 Å². The topological polar surface area (TPSA) is 98.1 Å². The largest absolute Gasteiger partial charge is 0.495 e. The molecule has 0 unspecified atom stereocenters. The molecule has 0 fully saturated rings. The van der Waals surface area contributed by atoms with Gasteiger partial charge in [0.25, 0.3) is 5.91 Å². The van der Waals surface area contributed by atoms with Crippen molar-refractivity contribution in [1.29, 1.82) is 0 Å². The van der Waals surface area contributed by atoms with Gasteiger partial charge in [-0.1, -0.05) is 59.2 Å². The number of ether oxygens (including phenoxy) is 1. The second kappa shape index (κ2) is 12.1. The molecule has 37 heavy (non-hydrogen) atoms. The molecule has 0 radical (unpaired) electrons. The van der Waals surface area contributed by atoms with E-state index in [-0.39, 0.29) is 28.6 Å². The van der Waals surface area contributed by atoms with Gasteiger partial charge in [-0.25, -0.2) is 4.39 Å². The normalized spacial score (nSPS) is 10.7. The molecule has 1 heterocycles. The zero-order chi connectivity index (χ0) is 26.4. The minimum Gasteiger partial charge on any atom is -0.495 e. The summed E-state index contributed by atoms with van der Waals surface area (Å²) in [5.74, 6) is -0.509. The van der Waals surface area contributed by atoms with Crippen molar-refractivity contribution in [2.24, 2.45) is 0 Å². The Hall–Kier alpha value is -3.60. The first-order valence-corrected chi connectivity index (χ1v) is 12.6. The van der Waals surface area contributed by atoms with Gasteiger partial charge in [0.15, 0.2) is 11.0 Å². The molecule has 8 nitrogen and oxygen atoms in total. The first kappa shape index (κ1) is 26.5. The second-order valence-electron chi connectivity index (χ2n) is 7.53. The van der Waals surface area contributed by atoms with E-state index in [0.717, 1.165) is 11.8 Å². The summed E-state index contributed by atoms with van der Waals surface area (Å²) in [6.07, 6.45) is 0. The Morgan fingerprint density at radius 3 is 2.57 bits per heavy atom. The monoisotopic (exact) mass is 559 g/mol. The number of carbonyl (C=O) groups is 2. The molecule has 2 N–H and O–H groups in total. The van der Waals surface area contributed by atoms with Crippen molar-refractivity contribution in [3.8, 4) is 11.4 Å². The summed E-state index contributed by atoms with van der Waals surface area (Å²) >= 11 is 13.2. The standard InChI is InChI=1S/C25H20Cl2FN5O3S/c1-36-21-9-5-4-8-20(21)33-22(13-29-24(35)16-11-10-15(26)12-17(16)27)31-32-25(33)37-14-23(34)30-19-7-3-2-6-18(19)28/h2-12H,13-14H2,1H3,(H,29,35)(H,30,34). The molecule has 0 aliphatic rings. The first-order chi connectivity index (χ1) is 17.9. The number of para-hydroxylation sites is 3. The fourth-order valence-electron chi connectivity index (χ4n) is 3.37. The van der Waals surface area contributed by atoms with Crippen LogP contribution in [0.1, 0.15) is 16.2 Å². The first-order valence-electron chi connectivity index (χ1n) is 10.9. The predicted molar refractivity (Wildman–Crippen MR) is 141 cm³/mol. The van der Waals surface area contributed by atoms with Crippen LogP contribution in [-0.4, -0.2) is 39.4 Å². The summed E-state index contributed by atoms with van der Waals surface area (Å²) in [5.41, 5.74) is 0.957. The number of nitrogens with zero attached hydrogens (tertiary/aromatic N) is 3. The van der Waals surface area contributed by atoms with Crippen LogP contribution in [0.15, 0.2) is 71.9 Å². The Morgan fingerprint density at radius 1 is 1.05 bits per heavy atom. The van der Waals surface area contributed by atoms with Crippen LogP contribution in [-0.2, 0) is 11.3 Å². The molecule has 0 bridgehead atoms. The highest BCUT2D eigenvalue weighted by atomic mass is 35.5. The maximum Gasteiger partial charge on any atom is 0.253 e. The third kappa shape index (κ3) is 6.40. The molecular weight excluding hydrogens is 540 g/mol. The SMILES string of the molecule is COc1ccccc1-n1c(CNC(=O)c2ccc(Cl)cc2Cl)nnc1SCC(=O)Nc1ccccc1F. The van der Waals surface area contributed by atoms with E-state index >= 15 is 0 Å². The van der Waals surface area contributed by atoms with Gasteiger partial charge in [-0.05, 0) is 42.5 Å². The molecule has 190 valence electrons. The van der Waals surface area contributed by atoms with Gasteiger partial charge < -0.3 is 15.4 Å². The van der Waals surface area contributed by atoms with Crippen molar-refractivity contribution >= 4 is 52.5 Å². The van der Waals surface area contributed by atoms with E-state index in [1.54, 1.807) is 28.8 Å². The average molecular weight is 560 g/mol. The highest BCUT2D eigenvalue weighted by Gasteiger charge is 2.20. The molecular formula is C25H20Cl2FN5O3S. The lowest BCUT2D eigenvalue weighted by atomic mass is 10.2. The van der Waals surface area contributed by atoms with Gasteiger partial charge in [-0.2, -0.15) is 0 Å². The number of halogens is 3. The number of nitrogens with one attached hydrogen (secondary N) is 2. The summed E-state index contributed by atoms with van der Waals surface area (Å²) in [5, 5.41) is 14.8. The fourth-order valence-corrected chi connectivity index (χ4v) is 4.63. The molecule has 3 aromatic carbocycles. The summed E-state index contributed by atoms with van der Waals surface area (Å²) in [6.45, 7) is 0.00478. The average Bonchev–Trinajstić information content (AvgIpc) is 3.30. The summed E-state index contributed by atoms with van der Waals surface area (Å²) in [7, 11) is 1.53. The quantitative estimate of drug-likeness (QED) is 0.267. The Kier molecular flexibility index (Phi) is 8.65. The van der Waals surface area contributed by atoms with Crippen molar-refractivity contribution in [2.45, 2.75) is 11.7 Å². The lowest BCUT2D eigenvalue weighted by Gasteiger charge is -2.14. The van der Waals surface area contributed by atoms with E-state index in [0.29, 0.717) is 27.4 Å².